The van der Waals surface area contributed by atoms with Gasteiger partial charge in [-0.2, -0.15) is 13.2 Å². The molecule has 0 aliphatic heterocycles. The van der Waals surface area contributed by atoms with Crippen LogP contribution in [0.25, 0.3) is 0 Å². The van der Waals surface area contributed by atoms with Crippen molar-refractivity contribution in [1.82, 2.24) is 0 Å². The van der Waals surface area contributed by atoms with Crippen LogP contribution in [-0.4, -0.2) is 26.6 Å². The summed E-state index contributed by atoms with van der Waals surface area (Å²) in [5, 5.41) is 2.19. The van der Waals surface area contributed by atoms with E-state index in [9.17, 15) is 26.4 Å². The minimum absolute atomic E-state index is 0.245. The second kappa shape index (κ2) is 7.59. The zero-order valence-corrected chi connectivity index (χ0v) is 15.7. The molecule has 0 bridgehead atoms. The van der Waals surface area contributed by atoms with Crippen molar-refractivity contribution in [2.24, 2.45) is 0 Å². The number of carbonyl (C=O) groups is 1. The Morgan fingerprint density at radius 2 is 1.63 bits per heavy atom. The molecule has 146 valence electrons. The zero-order chi connectivity index (χ0) is 20.4. The Bertz CT molecular complexity index is 926. The molecule has 1 amide bonds. The molecule has 0 saturated heterocycles. The number of halogens is 3. The van der Waals surface area contributed by atoms with Crippen LogP contribution >= 0.6 is 0 Å². The Balaban J connectivity index is 2.36. The molecule has 0 heterocycles. The molecule has 9 heteroatoms. The second-order valence-corrected chi connectivity index (χ2v) is 7.96. The van der Waals surface area contributed by atoms with Gasteiger partial charge in [-0.25, -0.2) is 8.42 Å². The van der Waals surface area contributed by atoms with E-state index in [4.69, 9.17) is 0 Å². The van der Waals surface area contributed by atoms with E-state index in [1.165, 1.54) is 31.2 Å². The highest BCUT2D eigenvalue weighted by Crippen LogP contribution is 2.34. The Labute approximate surface area is 155 Å². The first kappa shape index (κ1) is 20.8. The summed E-state index contributed by atoms with van der Waals surface area (Å²) in [6, 6.07) is 9.67. The third kappa shape index (κ3) is 5.00. The third-order valence-electron chi connectivity index (χ3n) is 3.87. The summed E-state index contributed by atoms with van der Waals surface area (Å²) >= 11 is 0. The number of aryl methyl sites for hydroxylation is 1. The van der Waals surface area contributed by atoms with E-state index in [1.807, 2.05) is 6.92 Å². The van der Waals surface area contributed by atoms with Gasteiger partial charge < -0.3 is 5.32 Å². The first-order valence-corrected chi connectivity index (χ1v) is 9.79. The smallest absolute Gasteiger partial charge is 0.324 e. The number of rotatable bonds is 5. The molecule has 0 spiro atoms. The maximum absolute atomic E-state index is 13.1. The Morgan fingerprint density at radius 1 is 1.07 bits per heavy atom. The zero-order valence-electron chi connectivity index (χ0n) is 14.9. The quantitative estimate of drug-likeness (QED) is 0.830. The van der Waals surface area contributed by atoms with Crippen LogP contribution in [0.3, 0.4) is 0 Å². The van der Waals surface area contributed by atoms with Gasteiger partial charge in [-0.3, -0.25) is 9.10 Å². The number of carbonyl (C=O) groups excluding carboxylic acids is 1. The Morgan fingerprint density at radius 3 is 2.15 bits per heavy atom. The number of hydrogen-bond donors (Lipinski definition) is 1. The fourth-order valence-corrected chi connectivity index (χ4v) is 3.75. The lowest BCUT2D eigenvalue weighted by Gasteiger charge is -2.28. The van der Waals surface area contributed by atoms with E-state index in [0.717, 1.165) is 28.3 Å². The highest BCUT2D eigenvalue weighted by atomic mass is 32.2. The third-order valence-corrected chi connectivity index (χ3v) is 5.11. The monoisotopic (exact) mass is 400 g/mol. The highest BCUT2D eigenvalue weighted by Gasteiger charge is 2.35. The lowest BCUT2D eigenvalue weighted by atomic mass is 10.1. The Hall–Kier alpha value is -2.55. The van der Waals surface area contributed by atoms with Crippen LogP contribution in [0.1, 0.15) is 18.1 Å². The molecule has 1 atom stereocenters. The van der Waals surface area contributed by atoms with Gasteiger partial charge in [-0.1, -0.05) is 29.8 Å². The fourth-order valence-electron chi connectivity index (χ4n) is 2.58. The van der Waals surface area contributed by atoms with Crippen LogP contribution in [-0.2, 0) is 21.0 Å². The van der Waals surface area contributed by atoms with Gasteiger partial charge in [0.1, 0.15) is 6.04 Å². The maximum atomic E-state index is 13.1. The first-order valence-electron chi connectivity index (χ1n) is 7.94. The summed E-state index contributed by atoms with van der Waals surface area (Å²) in [7, 11) is -3.86. The number of alkyl halides is 3. The molecule has 0 fully saturated rings. The fraction of sp³-hybridized carbons (Fsp3) is 0.278. The summed E-state index contributed by atoms with van der Waals surface area (Å²) in [6.07, 6.45) is -3.72. The van der Waals surface area contributed by atoms with Gasteiger partial charge in [0.05, 0.1) is 23.2 Å². The van der Waals surface area contributed by atoms with Gasteiger partial charge in [0, 0.05) is 0 Å². The largest absolute Gasteiger partial charge is 0.418 e. The lowest BCUT2D eigenvalue weighted by molar-refractivity contribution is -0.137. The molecule has 0 unspecified atom stereocenters. The molecular weight excluding hydrogens is 381 g/mol. The summed E-state index contributed by atoms with van der Waals surface area (Å²) in [5.74, 6) is -0.877. The minimum atomic E-state index is -4.65. The average Bonchev–Trinajstić information content (AvgIpc) is 2.55. The topological polar surface area (TPSA) is 66.5 Å². The highest BCUT2D eigenvalue weighted by molar-refractivity contribution is 7.92. The number of benzene rings is 2. The van der Waals surface area contributed by atoms with Crippen LogP contribution in [0.4, 0.5) is 24.5 Å². The number of anilines is 2. The van der Waals surface area contributed by atoms with E-state index in [-0.39, 0.29) is 5.69 Å². The van der Waals surface area contributed by atoms with E-state index < -0.39 is 39.4 Å². The SMILES string of the molecule is Cc1ccc(N([C@H](C)C(=O)Nc2ccccc2C(F)(F)F)S(C)(=O)=O)cc1. The molecule has 2 aromatic rings. The van der Waals surface area contributed by atoms with Gasteiger partial charge in [0.25, 0.3) is 0 Å². The van der Waals surface area contributed by atoms with Gasteiger partial charge in [-0.15, -0.1) is 0 Å². The van der Waals surface area contributed by atoms with Gasteiger partial charge >= 0.3 is 6.18 Å². The van der Waals surface area contributed by atoms with Crippen molar-refractivity contribution in [3.05, 3.63) is 59.7 Å². The van der Waals surface area contributed by atoms with Crippen molar-refractivity contribution in [2.45, 2.75) is 26.1 Å². The number of sulfonamides is 1. The molecule has 0 aliphatic rings. The molecule has 0 aliphatic carbocycles. The van der Waals surface area contributed by atoms with Crippen molar-refractivity contribution in [2.75, 3.05) is 15.9 Å². The van der Waals surface area contributed by atoms with Crippen molar-refractivity contribution in [3.63, 3.8) is 0 Å². The van der Waals surface area contributed by atoms with Crippen LogP contribution in [0.15, 0.2) is 48.5 Å². The van der Waals surface area contributed by atoms with E-state index in [2.05, 4.69) is 5.32 Å². The average molecular weight is 400 g/mol. The maximum Gasteiger partial charge on any atom is 0.418 e. The van der Waals surface area contributed by atoms with Gasteiger partial charge in [0.2, 0.25) is 15.9 Å². The molecule has 0 radical (unpaired) electrons. The van der Waals surface area contributed by atoms with E-state index in [0.29, 0.717) is 0 Å². The lowest BCUT2D eigenvalue weighted by Crippen LogP contribution is -2.45. The van der Waals surface area contributed by atoms with Crippen molar-refractivity contribution < 1.29 is 26.4 Å². The molecule has 0 aromatic heterocycles. The minimum Gasteiger partial charge on any atom is -0.324 e. The number of nitrogens with one attached hydrogen (secondary N) is 1. The number of nitrogens with zero attached hydrogens (tertiary/aromatic N) is 1. The van der Waals surface area contributed by atoms with E-state index in [1.54, 1.807) is 12.1 Å². The predicted octanol–water partition coefficient (Wildman–Crippen LogP) is 3.81. The predicted molar refractivity (Wildman–Crippen MR) is 98.0 cm³/mol. The molecule has 2 aromatic carbocycles. The summed E-state index contributed by atoms with van der Waals surface area (Å²) in [6.45, 7) is 3.13. The van der Waals surface area contributed by atoms with E-state index >= 15 is 0 Å². The molecule has 27 heavy (non-hydrogen) atoms. The normalized spacial score (nSPS) is 13.1. The van der Waals surface area contributed by atoms with Crippen LogP contribution in [0, 0.1) is 6.92 Å². The second-order valence-electron chi connectivity index (χ2n) is 6.10. The van der Waals surface area contributed by atoms with Crippen molar-refractivity contribution in [3.8, 4) is 0 Å². The number of hydrogen-bond acceptors (Lipinski definition) is 3. The molecule has 5 nitrogen and oxygen atoms in total. The van der Waals surface area contributed by atoms with Crippen LogP contribution < -0.4 is 9.62 Å². The molecule has 0 saturated carbocycles. The molecule has 1 N–H and O–H groups in total. The summed E-state index contributed by atoms with van der Waals surface area (Å²) < 4.78 is 64.6. The van der Waals surface area contributed by atoms with Crippen molar-refractivity contribution in [1.29, 1.82) is 0 Å². The van der Waals surface area contributed by atoms with Crippen LogP contribution in [0.2, 0.25) is 0 Å². The Kier molecular flexibility index (Phi) is 5.84. The first-order chi connectivity index (χ1) is 12.4. The van der Waals surface area contributed by atoms with Crippen molar-refractivity contribution >= 4 is 27.3 Å². The van der Waals surface area contributed by atoms with Gasteiger partial charge in [0.15, 0.2) is 0 Å². The summed E-state index contributed by atoms with van der Waals surface area (Å²) in [4.78, 5) is 12.5. The summed E-state index contributed by atoms with van der Waals surface area (Å²) in [5.41, 5.74) is -0.302. The number of amides is 1. The molecular formula is C18H19F3N2O3S. The molecule has 2 rings (SSSR count). The number of para-hydroxylation sites is 1. The van der Waals surface area contributed by atoms with Crippen LogP contribution in [0.5, 0.6) is 0 Å². The van der Waals surface area contributed by atoms with Gasteiger partial charge in [-0.05, 0) is 38.1 Å². The standard InChI is InChI=1S/C18H19F3N2O3S/c1-12-8-10-14(11-9-12)23(27(3,25)26)13(2)17(24)22-16-7-5-4-6-15(16)18(19,20)21/h4-11,13H,1-3H3,(H,22,24)/t13-/m1/s1.